The number of hydrogen-bond donors (Lipinski definition) is 12. The van der Waals surface area contributed by atoms with Crippen molar-refractivity contribution < 1.29 is 88.0 Å². The Balaban J connectivity index is 1.72. The molecule has 0 heterocycles. The lowest BCUT2D eigenvalue weighted by atomic mass is 10.1. The first-order chi connectivity index (χ1) is 33.4. The van der Waals surface area contributed by atoms with Crippen LogP contribution >= 0.6 is 0 Å². The van der Waals surface area contributed by atoms with Gasteiger partial charge < -0.3 is 76.8 Å². The average Bonchev–Trinajstić information content (AvgIpc) is 3.34. The molecule has 0 aliphatic carbocycles. The van der Waals surface area contributed by atoms with E-state index in [-0.39, 0.29) is 59.1 Å². The van der Waals surface area contributed by atoms with Crippen LogP contribution in [0, 0.1) is 0 Å². The standard InChI is InChI=1S/C45H57N7O18/c53-34(40(59)60)22-31(49-43(65)68-25-28-10-4-1-5-11-28)37(56)46-16-19-52(20-17-47-38(57)32(23-35(54)41(61)62)50-44(66)69-26-29-12-6-2-7-13-29)21-18-48-39(58)33(24-36(55)42(63)64)51-45(67)70-27-30-14-8-3-9-15-30/h1-15,31-36,53-55H,16-27H2,(H,46,56)(H,47,57)(H,48,58)(H,49,65)(H,50,66)(H,51,67)(H,59,60)(H,61,62)(H,63,64)/t31-,32-,33-,34?,35?,36?/m0/s1. The number of benzene rings is 3. The van der Waals surface area contributed by atoms with Gasteiger partial charge >= 0.3 is 36.2 Å². The molecule has 0 aromatic heterocycles. The van der Waals surface area contributed by atoms with Gasteiger partial charge in [0.2, 0.25) is 17.7 Å². The predicted molar refractivity (Wildman–Crippen MR) is 241 cm³/mol. The zero-order chi connectivity index (χ0) is 51.4. The lowest BCUT2D eigenvalue weighted by molar-refractivity contribution is -0.148. The third kappa shape index (κ3) is 22.3. The van der Waals surface area contributed by atoms with Gasteiger partial charge in [-0.05, 0) is 16.7 Å². The summed E-state index contributed by atoms with van der Waals surface area (Å²) in [6, 6.07) is 20.6. The summed E-state index contributed by atoms with van der Waals surface area (Å²) in [5, 5.41) is 72.2. The van der Waals surface area contributed by atoms with Crippen LogP contribution in [0.5, 0.6) is 0 Å². The average molecular weight is 984 g/mol. The van der Waals surface area contributed by atoms with Gasteiger partial charge in [0.15, 0.2) is 18.3 Å². The zero-order valence-corrected chi connectivity index (χ0v) is 37.6. The molecule has 6 amide bonds. The second-order valence-corrected chi connectivity index (χ2v) is 15.3. The van der Waals surface area contributed by atoms with Gasteiger partial charge in [0, 0.05) is 58.5 Å². The molecule has 3 unspecified atom stereocenters. The lowest BCUT2D eigenvalue weighted by Crippen LogP contribution is -2.52. The summed E-state index contributed by atoms with van der Waals surface area (Å²) in [5.41, 5.74) is 1.82. The zero-order valence-electron chi connectivity index (χ0n) is 37.6. The molecule has 25 nitrogen and oxygen atoms in total. The summed E-state index contributed by atoms with van der Waals surface area (Å²) in [7, 11) is 0. The van der Waals surface area contributed by atoms with Crippen molar-refractivity contribution in [2.75, 3.05) is 39.3 Å². The van der Waals surface area contributed by atoms with E-state index in [0.29, 0.717) is 16.7 Å². The minimum absolute atomic E-state index is 0.0967. The molecule has 25 heteroatoms. The number of carboxylic acids is 3. The molecular weight excluding hydrogens is 927 g/mol. The van der Waals surface area contributed by atoms with E-state index in [2.05, 4.69) is 31.9 Å². The van der Waals surface area contributed by atoms with Crippen molar-refractivity contribution in [1.29, 1.82) is 0 Å². The minimum atomic E-state index is -2.07. The normalized spacial score (nSPS) is 13.4. The van der Waals surface area contributed by atoms with Crippen molar-refractivity contribution in [3.63, 3.8) is 0 Å². The number of hydrogen-bond acceptors (Lipinski definition) is 16. The Morgan fingerprint density at radius 1 is 0.414 bits per heavy atom. The van der Waals surface area contributed by atoms with Crippen LogP contribution in [0.4, 0.5) is 14.4 Å². The van der Waals surface area contributed by atoms with E-state index in [1.807, 2.05) is 0 Å². The Hall–Kier alpha value is -7.87. The third-order valence-electron chi connectivity index (χ3n) is 9.88. The summed E-state index contributed by atoms with van der Waals surface area (Å²) >= 11 is 0. The highest BCUT2D eigenvalue weighted by Gasteiger charge is 2.31. The molecule has 0 aliphatic rings. The molecular formula is C45H57N7O18. The molecule has 3 aromatic carbocycles. The number of carboxylic acid groups (broad SMARTS) is 3. The van der Waals surface area contributed by atoms with Gasteiger partial charge in [-0.15, -0.1) is 0 Å². The molecule has 3 aromatic rings. The summed E-state index contributed by atoms with van der Waals surface area (Å²) in [6.07, 6.45) is -11.8. The van der Waals surface area contributed by atoms with E-state index in [1.54, 1.807) is 95.9 Å². The third-order valence-corrected chi connectivity index (χ3v) is 9.88. The van der Waals surface area contributed by atoms with Gasteiger partial charge in [0.05, 0.1) is 0 Å². The number of amides is 6. The van der Waals surface area contributed by atoms with E-state index in [1.165, 1.54) is 0 Å². The fourth-order valence-electron chi connectivity index (χ4n) is 6.10. The van der Waals surface area contributed by atoms with Gasteiger partial charge in [0.25, 0.3) is 0 Å². The summed E-state index contributed by atoms with van der Waals surface area (Å²) in [6.45, 7) is -1.62. The number of ether oxygens (including phenoxy) is 3. The monoisotopic (exact) mass is 983 g/mol. The first kappa shape index (κ1) is 56.5. The summed E-state index contributed by atoms with van der Waals surface area (Å²) in [5.74, 6) is -7.84. The maximum Gasteiger partial charge on any atom is 0.408 e. The number of nitrogens with zero attached hydrogens (tertiary/aromatic N) is 1. The summed E-state index contributed by atoms with van der Waals surface area (Å²) < 4.78 is 15.4. The second kappa shape index (κ2) is 30.5. The van der Waals surface area contributed by atoms with Gasteiger partial charge in [-0.2, -0.15) is 0 Å². The fraction of sp³-hybridized carbons (Fsp3) is 0.400. The van der Waals surface area contributed by atoms with Gasteiger partial charge in [-0.1, -0.05) is 91.0 Å². The van der Waals surface area contributed by atoms with Crippen molar-refractivity contribution in [1.82, 2.24) is 36.8 Å². The maximum atomic E-state index is 13.3. The van der Waals surface area contributed by atoms with E-state index < -0.39 is 110 Å². The van der Waals surface area contributed by atoms with Gasteiger partial charge in [-0.3, -0.25) is 19.3 Å². The molecule has 0 fully saturated rings. The van der Waals surface area contributed by atoms with Crippen molar-refractivity contribution >= 4 is 53.9 Å². The van der Waals surface area contributed by atoms with Gasteiger partial charge in [-0.25, -0.2) is 28.8 Å². The SMILES string of the molecule is O=C(N[C@@H](CC(O)C(=O)O)C(=O)NCCN(CCNC(=O)[C@H](CC(O)C(=O)O)NC(=O)OCc1ccccc1)CCNC(=O)[C@H](CC(O)C(=O)O)NC(=O)OCc1ccccc1)OCc1ccccc1. The summed E-state index contributed by atoms with van der Waals surface area (Å²) in [4.78, 5) is 114. The second-order valence-electron chi connectivity index (χ2n) is 15.3. The predicted octanol–water partition coefficient (Wildman–Crippen LogP) is -0.971. The van der Waals surface area contributed by atoms with Crippen LogP contribution in [0.1, 0.15) is 36.0 Å². The smallest absolute Gasteiger partial charge is 0.408 e. The van der Waals surface area contributed by atoms with Crippen LogP contribution in [0.3, 0.4) is 0 Å². The molecule has 380 valence electrons. The molecule has 0 spiro atoms. The molecule has 70 heavy (non-hydrogen) atoms. The molecule has 0 saturated carbocycles. The van der Waals surface area contributed by atoms with Crippen LogP contribution in [-0.4, -0.2) is 165 Å². The van der Waals surface area contributed by atoms with Crippen molar-refractivity contribution in [3.05, 3.63) is 108 Å². The first-order valence-electron chi connectivity index (χ1n) is 21.6. The molecule has 0 bridgehead atoms. The van der Waals surface area contributed by atoms with Crippen molar-refractivity contribution in [2.45, 2.75) is 75.5 Å². The number of carbonyl (C=O) groups excluding carboxylic acids is 6. The van der Waals surface area contributed by atoms with Crippen LogP contribution in [0.25, 0.3) is 0 Å². The quantitative estimate of drug-likeness (QED) is 0.0358. The molecule has 0 saturated heterocycles. The topological polar surface area (TPSA) is 378 Å². The van der Waals surface area contributed by atoms with Crippen LogP contribution < -0.4 is 31.9 Å². The number of alkyl carbamates (subject to hydrolysis) is 3. The van der Waals surface area contributed by atoms with E-state index in [9.17, 15) is 73.8 Å². The minimum Gasteiger partial charge on any atom is -0.479 e. The van der Waals surface area contributed by atoms with Crippen LogP contribution in [0.15, 0.2) is 91.0 Å². The number of rotatable bonds is 30. The highest BCUT2D eigenvalue weighted by Crippen LogP contribution is 2.08. The van der Waals surface area contributed by atoms with Crippen LogP contribution in [-0.2, 0) is 62.8 Å². The lowest BCUT2D eigenvalue weighted by Gasteiger charge is -2.26. The molecule has 0 radical (unpaired) electrons. The van der Waals surface area contributed by atoms with E-state index in [0.717, 1.165) is 0 Å². The van der Waals surface area contributed by atoms with Gasteiger partial charge in [0.1, 0.15) is 37.9 Å². The number of nitrogens with one attached hydrogen (secondary N) is 6. The Bertz CT molecular complexity index is 1930. The molecule has 0 aliphatic heterocycles. The highest BCUT2D eigenvalue weighted by molar-refractivity contribution is 5.88. The van der Waals surface area contributed by atoms with Crippen molar-refractivity contribution in [3.8, 4) is 0 Å². The van der Waals surface area contributed by atoms with Crippen LogP contribution in [0.2, 0.25) is 0 Å². The Morgan fingerprint density at radius 2 is 0.657 bits per heavy atom. The number of aliphatic hydroxyl groups is 3. The molecule has 6 atom stereocenters. The first-order valence-corrected chi connectivity index (χ1v) is 21.6. The largest absolute Gasteiger partial charge is 0.479 e. The maximum absolute atomic E-state index is 13.3. The molecule has 3 rings (SSSR count). The number of carbonyl (C=O) groups is 9. The number of aliphatic carboxylic acids is 3. The van der Waals surface area contributed by atoms with E-state index >= 15 is 0 Å². The Morgan fingerprint density at radius 3 is 0.886 bits per heavy atom. The highest BCUT2D eigenvalue weighted by atomic mass is 16.6. The van der Waals surface area contributed by atoms with E-state index in [4.69, 9.17) is 14.2 Å². The van der Waals surface area contributed by atoms with Crippen molar-refractivity contribution in [2.24, 2.45) is 0 Å². The number of aliphatic hydroxyl groups excluding tert-OH is 3. The Labute approximate surface area is 400 Å². The fourth-order valence-corrected chi connectivity index (χ4v) is 6.10. The Kier molecular flexibility index (Phi) is 24.6. The molecule has 12 N–H and O–H groups in total.